The van der Waals surface area contributed by atoms with E-state index in [0.29, 0.717) is 18.3 Å². The molecule has 0 aliphatic carbocycles. The van der Waals surface area contributed by atoms with E-state index in [1.165, 1.54) is 23.1 Å². The summed E-state index contributed by atoms with van der Waals surface area (Å²) < 4.78 is 5.77. The smallest absolute Gasteiger partial charge is 0.231 e. The zero-order valence-corrected chi connectivity index (χ0v) is 15.4. The van der Waals surface area contributed by atoms with E-state index in [-0.39, 0.29) is 29.7 Å². The van der Waals surface area contributed by atoms with Gasteiger partial charge in [-0.2, -0.15) is 0 Å². The first-order valence-electron chi connectivity index (χ1n) is 7.38. The fraction of sp³-hybridized carbons (Fsp3) is 0.714. The molecular weight excluding hydrogens is 336 g/mol. The van der Waals surface area contributed by atoms with E-state index < -0.39 is 0 Å². The Bertz CT molecular complexity index is 571. The Morgan fingerprint density at radius 1 is 1.48 bits per heavy atom. The van der Waals surface area contributed by atoms with Gasteiger partial charge in [-0.15, -0.1) is 10.2 Å². The Balaban J connectivity index is 1.89. The summed E-state index contributed by atoms with van der Waals surface area (Å²) in [5.74, 6) is 0.298. The van der Waals surface area contributed by atoms with Crippen molar-refractivity contribution in [3.05, 3.63) is 0 Å². The maximum absolute atomic E-state index is 12.3. The van der Waals surface area contributed by atoms with E-state index in [9.17, 15) is 9.59 Å². The SMILES string of the molecule is COCCSc1nnc(NC(=O)[C@H]2CC(=O)N(C(C)(C)C)C2)s1. The molecule has 1 saturated heterocycles. The molecule has 1 aliphatic rings. The second kappa shape index (κ2) is 7.59. The third-order valence-electron chi connectivity index (χ3n) is 3.46. The lowest BCUT2D eigenvalue weighted by molar-refractivity contribution is -0.131. The number of nitrogens with zero attached hydrogens (tertiary/aromatic N) is 3. The molecule has 7 nitrogen and oxygen atoms in total. The molecule has 1 atom stereocenters. The van der Waals surface area contributed by atoms with Crippen molar-refractivity contribution in [3.8, 4) is 0 Å². The monoisotopic (exact) mass is 358 g/mol. The van der Waals surface area contributed by atoms with Gasteiger partial charge in [-0.25, -0.2) is 0 Å². The maximum Gasteiger partial charge on any atom is 0.231 e. The second-order valence-electron chi connectivity index (χ2n) is 6.28. The number of hydrogen-bond donors (Lipinski definition) is 1. The van der Waals surface area contributed by atoms with Crippen LogP contribution in [0.4, 0.5) is 5.13 Å². The Morgan fingerprint density at radius 3 is 2.83 bits per heavy atom. The number of rotatable bonds is 6. The van der Waals surface area contributed by atoms with Crippen LogP contribution in [0.1, 0.15) is 27.2 Å². The number of amides is 2. The van der Waals surface area contributed by atoms with Crippen molar-refractivity contribution in [2.45, 2.75) is 37.1 Å². The van der Waals surface area contributed by atoms with Gasteiger partial charge in [-0.3, -0.25) is 9.59 Å². The number of ether oxygens (including phenoxy) is 1. The number of carbonyl (C=O) groups is 2. The topological polar surface area (TPSA) is 84.4 Å². The predicted molar refractivity (Wildman–Crippen MR) is 90.7 cm³/mol. The first-order chi connectivity index (χ1) is 10.8. The number of nitrogens with one attached hydrogen (secondary N) is 1. The van der Waals surface area contributed by atoms with E-state index in [2.05, 4.69) is 15.5 Å². The van der Waals surface area contributed by atoms with Gasteiger partial charge in [0.15, 0.2) is 4.34 Å². The summed E-state index contributed by atoms with van der Waals surface area (Å²) in [6.07, 6.45) is 0.247. The Hall–Kier alpha value is -1.19. The minimum atomic E-state index is -0.338. The Labute approximate surface area is 144 Å². The van der Waals surface area contributed by atoms with Gasteiger partial charge < -0.3 is 15.0 Å². The maximum atomic E-state index is 12.3. The second-order valence-corrected chi connectivity index (χ2v) is 8.60. The fourth-order valence-corrected chi connectivity index (χ4v) is 4.00. The predicted octanol–water partition coefficient (Wildman–Crippen LogP) is 1.86. The summed E-state index contributed by atoms with van der Waals surface area (Å²) >= 11 is 2.87. The highest BCUT2D eigenvalue weighted by atomic mass is 32.2. The zero-order valence-electron chi connectivity index (χ0n) is 13.8. The summed E-state index contributed by atoms with van der Waals surface area (Å²) in [6, 6.07) is 0. The van der Waals surface area contributed by atoms with E-state index in [1.54, 1.807) is 12.0 Å². The standard InChI is InChI=1S/C14H22N4O3S2/c1-14(2,3)18-8-9(7-10(18)19)11(20)15-12-16-17-13(23-12)22-6-5-21-4/h9H,5-8H2,1-4H3,(H,15,16,20)/t9-/m0/s1. The van der Waals surface area contributed by atoms with Crippen LogP contribution in [0.15, 0.2) is 4.34 Å². The van der Waals surface area contributed by atoms with E-state index in [4.69, 9.17) is 4.74 Å². The third-order valence-corrected chi connectivity index (χ3v) is 5.39. The summed E-state index contributed by atoms with van der Waals surface area (Å²) in [5.41, 5.74) is -0.264. The van der Waals surface area contributed by atoms with Gasteiger partial charge >= 0.3 is 0 Å². The molecule has 2 rings (SSSR count). The molecule has 128 valence electrons. The lowest BCUT2D eigenvalue weighted by Crippen LogP contribution is -2.42. The van der Waals surface area contributed by atoms with Gasteiger partial charge in [0.1, 0.15) is 0 Å². The van der Waals surface area contributed by atoms with E-state index in [1.807, 2.05) is 20.8 Å². The van der Waals surface area contributed by atoms with Crippen LogP contribution in [0.2, 0.25) is 0 Å². The average Bonchev–Trinajstić information content (AvgIpc) is 3.05. The van der Waals surface area contributed by atoms with Gasteiger partial charge in [0.05, 0.1) is 12.5 Å². The molecule has 1 fully saturated rings. The number of aromatic nitrogens is 2. The van der Waals surface area contributed by atoms with Crippen molar-refractivity contribution in [1.29, 1.82) is 0 Å². The first kappa shape index (κ1) is 18.2. The minimum absolute atomic E-state index is 0.0192. The lowest BCUT2D eigenvalue weighted by atomic mass is 10.1. The zero-order chi connectivity index (χ0) is 17.0. The van der Waals surface area contributed by atoms with Crippen molar-refractivity contribution in [3.63, 3.8) is 0 Å². The average molecular weight is 358 g/mol. The highest BCUT2D eigenvalue weighted by molar-refractivity contribution is 8.01. The molecule has 0 aromatic carbocycles. The molecular formula is C14H22N4O3S2. The first-order valence-corrected chi connectivity index (χ1v) is 9.18. The van der Waals surface area contributed by atoms with Gasteiger partial charge in [-0.1, -0.05) is 23.1 Å². The van der Waals surface area contributed by atoms with Crippen LogP contribution < -0.4 is 5.32 Å². The Kier molecular flexibility index (Phi) is 5.99. The number of hydrogen-bond acceptors (Lipinski definition) is 7. The molecule has 2 amide bonds. The number of anilines is 1. The molecule has 1 aromatic heterocycles. The molecule has 9 heteroatoms. The minimum Gasteiger partial charge on any atom is -0.384 e. The molecule has 2 heterocycles. The highest BCUT2D eigenvalue weighted by Crippen LogP contribution is 2.28. The lowest BCUT2D eigenvalue weighted by Gasteiger charge is -2.31. The molecule has 1 N–H and O–H groups in total. The van der Waals surface area contributed by atoms with Crippen LogP contribution in [-0.2, 0) is 14.3 Å². The molecule has 0 saturated carbocycles. The number of carbonyl (C=O) groups excluding carboxylic acids is 2. The van der Waals surface area contributed by atoms with Crippen LogP contribution in [-0.4, -0.2) is 58.5 Å². The quantitative estimate of drug-likeness (QED) is 0.475. The molecule has 0 spiro atoms. The van der Waals surface area contributed by atoms with E-state index >= 15 is 0 Å². The van der Waals surface area contributed by atoms with Crippen molar-refractivity contribution in [2.75, 3.05) is 31.3 Å². The van der Waals surface area contributed by atoms with Crippen molar-refractivity contribution < 1.29 is 14.3 Å². The Morgan fingerprint density at radius 2 is 2.22 bits per heavy atom. The number of likely N-dealkylation sites (tertiary alicyclic amines) is 1. The van der Waals surface area contributed by atoms with Crippen LogP contribution in [0, 0.1) is 5.92 Å². The van der Waals surface area contributed by atoms with Crippen LogP contribution >= 0.6 is 23.1 Å². The molecule has 1 aliphatic heterocycles. The molecule has 0 bridgehead atoms. The van der Waals surface area contributed by atoms with Gasteiger partial charge in [-0.05, 0) is 20.8 Å². The molecule has 0 unspecified atom stereocenters. The van der Waals surface area contributed by atoms with Gasteiger partial charge in [0.2, 0.25) is 16.9 Å². The third kappa shape index (κ3) is 4.89. The molecule has 1 aromatic rings. The normalized spacial score (nSPS) is 18.5. The summed E-state index contributed by atoms with van der Waals surface area (Å²) in [5, 5.41) is 11.2. The molecule has 0 radical (unpaired) electrons. The molecule has 23 heavy (non-hydrogen) atoms. The van der Waals surface area contributed by atoms with Crippen LogP contribution in [0.25, 0.3) is 0 Å². The van der Waals surface area contributed by atoms with Crippen LogP contribution in [0.3, 0.4) is 0 Å². The van der Waals surface area contributed by atoms with Gasteiger partial charge in [0.25, 0.3) is 0 Å². The van der Waals surface area contributed by atoms with Gasteiger partial charge in [0, 0.05) is 31.4 Å². The summed E-state index contributed by atoms with van der Waals surface area (Å²) in [7, 11) is 1.65. The van der Waals surface area contributed by atoms with Crippen molar-refractivity contribution in [2.24, 2.45) is 5.92 Å². The highest BCUT2D eigenvalue weighted by Gasteiger charge is 2.39. The van der Waals surface area contributed by atoms with Crippen molar-refractivity contribution in [1.82, 2.24) is 15.1 Å². The number of thioether (sulfide) groups is 1. The summed E-state index contributed by atoms with van der Waals surface area (Å²) in [6.45, 7) is 7.00. The van der Waals surface area contributed by atoms with E-state index in [0.717, 1.165) is 10.1 Å². The van der Waals surface area contributed by atoms with Crippen molar-refractivity contribution >= 4 is 40.0 Å². The summed E-state index contributed by atoms with van der Waals surface area (Å²) in [4.78, 5) is 26.1. The fourth-order valence-electron chi connectivity index (χ4n) is 2.27. The largest absolute Gasteiger partial charge is 0.384 e. The number of methoxy groups -OCH3 is 1. The van der Waals surface area contributed by atoms with Crippen LogP contribution in [0.5, 0.6) is 0 Å².